The Kier molecular flexibility index (Phi) is 7.48. The van der Waals surface area contributed by atoms with Gasteiger partial charge in [-0.3, -0.25) is 14.4 Å². The van der Waals surface area contributed by atoms with E-state index in [4.69, 9.17) is 5.73 Å². The van der Waals surface area contributed by atoms with E-state index in [0.717, 1.165) is 6.42 Å². The van der Waals surface area contributed by atoms with Crippen LogP contribution in [0.3, 0.4) is 0 Å². The minimum atomic E-state index is -0.546. The Morgan fingerprint density at radius 2 is 1.54 bits per heavy atom. The number of piperidine rings is 1. The highest BCUT2D eigenvalue weighted by Crippen LogP contribution is 2.44. The normalized spacial score (nSPS) is 21.4. The molecule has 9 heteroatoms. The second kappa shape index (κ2) is 9.74. The first-order valence-corrected chi connectivity index (χ1v) is 12.7. The molecule has 0 radical (unpaired) electrons. The Bertz CT molecular complexity index is 978. The van der Waals surface area contributed by atoms with Crippen LogP contribution < -0.4 is 10.7 Å². The van der Waals surface area contributed by atoms with Crippen molar-refractivity contribution in [1.82, 2.24) is 9.58 Å². The minimum absolute atomic E-state index is 0.0288. The van der Waals surface area contributed by atoms with Gasteiger partial charge in [0.05, 0.1) is 6.04 Å². The summed E-state index contributed by atoms with van der Waals surface area (Å²) in [6, 6.07) is -0.359. The molecule has 0 saturated carbocycles. The van der Waals surface area contributed by atoms with E-state index in [0.29, 0.717) is 55.6 Å². The van der Waals surface area contributed by atoms with Crippen LogP contribution in [0.4, 0.5) is 0 Å². The molecule has 2 aliphatic rings. The van der Waals surface area contributed by atoms with Gasteiger partial charge in [-0.2, -0.15) is 4.68 Å². The number of aromatic nitrogens is 1. The number of nitrogens with zero attached hydrogens (tertiary/aromatic N) is 3. The van der Waals surface area contributed by atoms with E-state index in [2.05, 4.69) is 6.92 Å². The third-order valence-corrected chi connectivity index (χ3v) is 7.62. The highest BCUT2D eigenvalue weighted by molar-refractivity contribution is 5.87. The maximum Gasteiger partial charge on any atom is 0.241 e. The minimum Gasteiger partial charge on any atom is -0.493 e. The van der Waals surface area contributed by atoms with Crippen molar-refractivity contribution in [3.63, 3.8) is 0 Å². The summed E-state index contributed by atoms with van der Waals surface area (Å²) in [6.07, 6.45) is 4.48. The van der Waals surface area contributed by atoms with Crippen LogP contribution in [0.2, 0.25) is 0 Å². The van der Waals surface area contributed by atoms with Crippen molar-refractivity contribution in [2.75, 3.05) is 5.01 Å². The molecule has 1 aliphatic carbocycles. The Balaban J connectivity index is 2.03. The summed E-state index contributed by atoms with van der Waals surface area (Å²) in [5.74, 6) is -0.471. The van der Waals surface area contributed by atoms with Crippen LogP contribution in [0.15, 0.2) is 0 Å². The Morgan fingerprint density at radius 3 is 2.09 bits per heavy atom. The molecule has 1 aliphatic heterocycles. The Labute approximate surface area is 208 Å². The Morgan fingerprint density at radius 1 is 1.00 bits per heavy atom. The molecule has 0 aromatic carbocycles. The summed E-state index contributed by atoms with van der Waals surface area (Å²) in [4.78, 5) is 39.2. The fourth-order valence-electron chi connectivity index (χ4n) is 6.57. The van der Waals surface area contributed by atoms with Gasteiger partial charge in [-0.15, -0.1) is 0 Å². The highest BCUT2D eigenvalue weighted by atomic mass is 16.3. The summed E-state index contributed by atoms with van der Waals surface area (Å²) in [7, 11) is 0. The van der Waals surface area contributed by atoms with Crippen molar-refractivity contribution in [2.24, 2.45) is 11.7 Å². The molecule has 1 fully saturated rings. The van der Waals surface area contributed by atoms with Gasteiger partial charge in [0.25, 0.3) is 0 Å². The van der Waals surface area contributed by atoms with Crippen LogP contribution in [-0.2, 0) is 27.2 Å². The van der Waals surface area contributed by atoms with Crippen LogP contribution in [0.25, 0.3) is 0 Å². The molecule has 4 N–H and O–H groups in total. The molecule has 196 valence electrons. The van der Waals surface area contributed by atoms with Gasteiger partial charge in [-0.1, -0.05) is 6.92 Å². The molecule has 0 bridgehead atoms. The van der Waals surface area contributed by atoms with Crippen LogP contribution in [-0.4, -0.2) is 54.6 Å². The van der Waals surface area contributed by atoms with Gasteiger partial charge in [0, 0.05) is 42.0 Å². The van der Waals surface area contributed by atoms with Crippen molar-refractivity contribution >= 4 is 17.7 Å². The number of unbranched alkanes of at least 4 members (excludes halogenated alkanes) is 1. The lowest BCUT2D eigenvalue weighted by molar-refractivity contribution is -0.147. The summed E-state index contributed by atoms with van der Waals surface area (Å²) in [5.41, 5.74) is 5.55. The third-order valence-electron chi connectivity index (χ3n) is 7.62. The van der Waals surface area contributed by atoms with Crippen molar-refractivity contribution in [1.29, 1.82) is 0 Å². The number of fused-ring (bicyclic) bond motifs is 1. The molecule has 1 unspecified atom stereocenters. The molecule has 3 rings (SSSR count). The number of primary amides is 1. The fraction of sp³-hybridized carbons (Fsp3) is 0.731. The number of likely N-dealkylation sites (tertiary alicyclic amines) is 1. The van der Waals surface area contributed by atoms with Crippen molar-refractivity contribution < 1.29 is 24.6 Å². The molecular weight excluding hydrogens is 448 g/mol. The Hall–Kier alpha value is -2.71. The average molecular weight is 491 g/mol. The fourth-order valence-corrected chi connectivity index (χ4v) is 6.57. The highest BCUT2D eigenvalue weighted by Gasteiger charge is 2.50. The zero-order chi connectivity index (χ0) is 26.3. The number of carbonyl (C=O) groups is 3. The van der Waals surface area contributed by atoms with Crippen LogP contribution in [0.1, 0.15) is 97.6 Å². The number of aromatic hydroxyl groups is 2. The van der Waals surface area contributed by atoms with Crippen LogP contribution >= 0.6 is 0 Å². The average Bonchev–Trinajstić information content (AvgIpc) is 2.93. The lowest BCUT2D eigenvalue weighted by atomic mass is 9.76. The molecule has 1 atom stereocenters. The number of hydrogen-bond donors (Lipinski definition) is 3. The molecule has 0 spiro atoms. The lowest BCUT2D eigenvalue weighted by Gasteiger charge is -2.56. The molecule has 2 heterocycles. The first kappa shape index (κ1) is 26.9. The molecule has 1 aromatic heterocycles. The van der Waals surface area contributed by atoms with Crippen molar-refractivity contribution in [3.8, 4) is 11.8 Å². The second-order valence-corrected chi connectivity index (χ2v) is 11.7. The van der Waals surface area contributed by atoms with Crippen LogP contribution in [0, 0.1) is 5.92 Å². The van der Waals surface area contributed by atoms with Gasteiger partial charge in [-0.05, 0) is 78.6 Å². The largest absolute Gasteiger partial charge is 0.493 e. The summed E-state index contributed by atoms with van der Waals surface area (Å²) in [6.45, 7) is 11.6. The van der Waals surface area contributed by atoms with E-state index >= 15 is 0 Å². The SMILES string of the molecule is CC(=O)N1C(C)(C)CC(N(C(=O)CCCCC(N)=O)n2c(O)c3c(c2O)CC(C)CC3)CC1(C)C. The monoisotopic (exact) mass is 490 g/mol. The van der Waals surface area contributed by atoms with Gasteiger partial charge in [0.15, 0.2) is 0 Å². The molecule has 3 amide bonds. The van der Waals surface area contributed by atoms with Crippen LogP contribution in [0.5, 0.6) is 11.8 Å². The topological polar surface area (TPSA) is 129 Å². The van der Waals surface area contributed by atoms with Gasteiger partial charge >= 0.3 is 0 Å². The zero-order valence-corrected chi connectivity index (χ0v) is 22.1. The number of amides is 3. The van der Waals surface area contributed by atoms with Gasteiger partial charge < -0.3 is 20.8 Å². The zero-order valence-electron chi connectivity index (χ0n) is 22.1. The number of carbonyl (C=O) groups excluding carboxylic acids is 3. The van der Waals surface area contributed by atoms with Gasteiger partial charge in [0.1, 0.15) is 0 Å². The van der Waals surface area contributed by atoms with E-state index in [-0.39, 0.29) is 42.5 Å². The molecular formula is C26H42N4O5. The van der Waals surface area contributed by atoms with E-state index < -0.39 is 17.0 Å². The molecule has 9 nitrogen and oxygen atoms in total. The van der Waals surface area contributed by atoms with E-state index in [1.54, 1.807) is 6.92 Å². The van der Waals surface area contributed by atoms with Crippen molar-refractivity contribution in [3.05, 3.63) is 11.1 Å². The summed E-state index contributed by atoms with van der Waals surface area (Å²) >= 11 is 0. The first-order valence-electron chi connectivity index (χ1n) is 12.7. The van der Waals surface area contributed by atoms with Gasteiger partial charge in [-0.25, -0.2) is 5.01 Å². The smallest absolute Gasteiger partial charge is 0.241 e. The first-order chi connectivity index (χ1) is 16.2. The second-order valence-electron chi connectivity index (χ2n) is 11.7. The maximum atomic E-state index is 13.7. The number of hydrogen-bond acceptors (Lipinski definition) is 5. The lowest BCUT2D eigenvalue weighted by Crippen LogP contribution is -2.67. The third kappa shape index (κ3) is 5.28. The van der Waals surface area contributed by atoms with Gasteiger partial charge in [0.2, 0.25) is 29.5 Å². The molecule has 1 aromatic rings. The van der Waals surface area contributed by atoms with Crippen molar-refractivity contribution in [2.45, 2.75) is 116 Å². The number of rotatable bonds is 7. The summed E-state index contributed by atoms with van der Waals surface area (Å²) < 4.78 is 1.30. The predicted molar refractivity (Wildman–Crippen MR) is 134 cm³/mol. The summed E-state index contributed by atoms with van der Waals surface area (Å²) in [5, 5.41) is 24.0. The number of nitrogens with two attached hydrogens (primary N) is 1. The maximum absolute atomic E-state index is 13.7. The molecule has 35 heavy (non-hydrogen) atoms. The van der Waals surface area contributed by atoms with E-state index in [1.165, 1.54) is 9.69 Å². The van der Waals surface area contributed by atoms with E-state index in [9.17, 15) is 24.6 Å². The predicted octanol–water partition coefficient (Wildman–Crippen LogP) is 3.10. The quantitative estimate of drug-likeness (QED) is 0.506. The standard InChI is InChI=1S/C26H42N4O5/c1-16-11-12-19-20(13-16)24(35)29(23(19)34)28(22(33)10-8-7-9-21(27)32)18-14-25(3,4)30(17(2)31)26(5,6)15-18/h16,18,34-35H,7-15H2,1-6H3,(H2,27,32). The molecule has 1 saturated heterocycles. The van der Waals surface area contributed by atoms with E-state index in [1.807, 2.05) is 32.6 Å².